The van der Waals surface area contributed by atoms with Crippen molar-refractivity contribution in [2.45, 2.75) is 16.9 Å². The van der Waals surface area contributed by atoms with E-state index in [1.54, 1.807) is 0 Å². The summed E-state index contributed by atoms with van der Waals surface area (Å²) in [5, 5.41) is 11.4. The summed E-state index contributed by atoms with van der Waals surface area (Å²) in [6.07, 6.45) is 0. The van der Waals surface area contributed by atoms with Crippen LogP contribution >= 0.6 is 0 Å². The predicted octanol–water partition coefficient (Wildman–Crippen LogP) is 3.58. The van der Waals surface area contributed by atoms with Gasteiger partial charge in [0.25, 0.3) is 9.84 Å². The first-order valence-corrected chi connectivity index (χ1v) is 7.83. The second-order valence-corrected chi connectivity index (χ2v) is 6.64. The maximum absolute atomic E-state index is 13.2. The normalized spacial score (nSPS) is 12.2. The minimum atomic E-state index is -5.77. The van der Waals surface area contributed by atoms with E-state index < -0.39 is 43.3 Å². The second kappa shape index (κ2) is 6.27. The van der Waals surface area contributed by atoms with Gasteiger partial charge in [0.05, 0.1) is 5.69 Å². The minimum absolute atomic E-state index is 0.227. The molecular weight excluding hydrogens is 357 g/mol. The summed E-state index contributed by atoms with van der Waals surface area (Å²) in [7, 11) is -5.77. The van der Waals surface area contributed by atoms with Crippen molar-refractivity contribution in [3.8, 4) is 5.75 Å². The highest BCUT2D eigenvalue weighted by molar-refractivity contribution is 7.92. The van der Waals surface area contributed by atoms with Crippen molar-refractivity contribution in [1.82, 2.24) is 0 Å². The van der Waals surface area contributed by atoms with Crippen molar-refractivity contribution in [3.63, 3.8) is 0 Å². The third-order valence-corrected chi connectivity index (χ3v) is 4.56. The number of phenols is 1. The fraction of sp³-hybridized carbons (Fsp3) is 0.143. The first kappa shape index (κ1) is 18.0. The van der Waals surface area contributed by atoms with Crippen LogP contribution in [0.5, 0.6) is 5.75 Å². The van der Waals surface area contributed by atoms with E-state index in [9.17, 15) is 30.4 Å². The van der Waals surface area contributed by atoms with E-state index in [0.717, 1.165) is 24.3 Å². The molecule has 2 aromatic rings. The maximum Gasteiger partial charge on any atom is 0.501 e. The van der Waals surface area contributed by atoms with Crippen LogP contribution in [0, 0.1) is 11.6 Å². The average Bonchev–Trinajstić information content (AvgIpc) is 2.48. The molecule has 0 saturated heterocycles. The highest BCUT2D eigenvalue weighted by Crippen LogP contribution is 2.35. The molecule has 0 radical (unpaired) electrons. The van der Waals surface area contributed by atoms with E-state index in [4.69, 9.17) is 5.11 Å². The van der Waals surface area contributed by atoms with Crippen LogP contribution in [-0.4, -0.2) is 19.0 Å². The molecule has 0 unspecified atom stereocenters. The number of halogens is 5. The number of anilines is 1. The van der Waals surface area contributed by atoms with Gasteiger partial charge in [0, 0.05) is 6.54 Å². The third-order valence-electron chi connectivity index (χ3n) is 3.03. The van der Waals surface area contributed by atoms with Crippen LogP contribution in [-0.2, 0) is 16.4 Å². The number of rotatable bonds is 4. The average molecular weight is 367 g/mol. The van der Waals surface area contributed by atoms with Crippen molar-refractivity contribution in [3.05, 3.63) is 53.6 Å². The third kappa shape index (κ3) is 3.58. The molecule has 0 spiro atoms. The summed E-state index contributed by atoms with van der Waals surface area (Å²) in [5.41, 5.74) is -5.85. The lowest BCUT2D eigenvalue weighted by Gasteiger charge is -2.14. The highest BCUT2D eigenvalue weighted by Gasteiger charge is 2.48. The fourth-order valence-corrected chi connectivity index (χ4v) is 2.79. The van der Waals surface area contributed by atoms with Crippen molar-refractivity contribution in [2.75, 3.05) is 5.32 Å². The monoisotopic (exact) mass is 367 g/mol. The van der Waals surface area contributed by atoms with E-state index in [1.165, 1.54) is 6.07 Å². The molecule has 0 aliphatic heterocycles. The van der Waals surface area contributed by atoms with Gasteiger partial charge < -0.3 is 10.4 Å². The van der Waals surface area contributed by atoms with Crippen LogP contribution in [0.4, 0.5) is 27.6 Å². The zero-order valence-electron chi connectivity index (χ0n) is 11.7. The molecule has 0 heterocycles. The quantitative estimate of drug-likeness (QED) is 0.811. The SMILES string of the molecule is O=S(=O)(c1cc(F)ccc1NCc1ccc(O)c(F)c1)C(F)(F)F. The molecule has 2 rings (SSSR count). The Morgan fingerprint density at radius 1 is 1.04 bits per heavy atom. The Kier molecular flexibility index (Phi) is 4.70. The number of hydrogen-bond donors (Lipinski definition) is 2. The van der Waals surface area contributed by atoms with Gasteiger partial charge in [0.1, 0.15) is 10.7 Å². The Hall–Kier alpha value is -2.36. The minimum Gasteiger partial charge on any atom is -0.505 e. The lowest BCUT2D eigenvalue weighted by atomic mass is 10.2. The van der Waals surface area contributed by atoms with E-state index in [2.05, 4.69) is 5.32 Å². The molecule has 2 N–H and O–H groups in total. The summed E-state index contributed by atoms with van der Waals surface area (Å²) >= 11 is 0. The fourth-order valence-electron chi connectivity index (χ4n) is 1.85. The van der Waals surface area contributed by atoms with Gasteiger partial charge in [-0.05, 0) is 35.9 Å². The topological polar surface area (TPSA) is 66.4 Å². The summed E-state index contributed by atoms with van der Waals surface area (Å²) < 4.78 is 87.5. The molecule has 0 amide bonds. The number of benzene rings is 2. The van der Waals surface area contributed by atoms with Crippen molar-refractivity contribution in [2.24, 2.45) is 0 Å². The standard InChI is InChI=1S/C14H10F5NO3S/c15-9-2-3-11(13(6-9)24(22,23)14(17,18)19)20-7-8-1-4-12(21)10(16)5-8/h1-6,20-21H,7H2. The lowest BCUT2D eigenvalue weighted by molar-refractivity contribution is -0.0435. The molecule has 0 bridgehead atoms. The first-order chi connectivity index (χ1) is 11.0. The molecule has 0 aliphatic carbocycles. The second-order valence-electron chi connectivity index (χ2n) is 4.73. The zero-order valence-corrected chi connectivity index (χ0v) is 12.5. The summed E-state index contributed by atoms with van der Waals surface area (Å²) in [5.74, 6) is -2.71. The summed E-state index contributed by atoms with van der Waals surface area (Å²) in [4.78, 5) is -1.27. The van der Waals surface area contributed by atoms with Gasteiger partial charge in [-0.25, -0.2) is 17.2 Å². The van der Waals surface area contributed by atoms with Crippen LogP contribution in [0.15, 0.2) is 41.3 Å². The number of alkyl halides is 3. The Labute approximate surface area is 133 Å². The Morgan fingerprint density at radius 3 is 2.29 bits per heavy atom. The van der Waals surface area contributed by atoms with Crippen LogP contribution in [0.3, 0.4) is 0 Å². The van der Waals surface area contributed by atoms with Gasteiger partial charge in [-0.1, -0.05) is 6.07 Å². The summed E-state index contributed by atoms with van der Waals surface area (Å²) in [6.45, 7) is -0.247. The molecule has 4 nitrogen and oxygen atoms in total. The van der Waals surface area contributed by atoms with Crippen LogP contribution in [0.1, 0.15) is 5.56 Å². The van der Waals surface area contributed by atoms with Crippen molar-refractivity contribution < 1.29 is 35.5 Å². The van der Waals surface area contributed by atoms with Gasteiger partial charge in [-0.2, -0.15) is 13.2 Å². The zero-order chi connectivity index (χ0) is 18.1. The molecule has 0 saturated carbocycles. The van der Waals surface area contributed by atoms with E-state index >= 15 is 0 Å². The number of sulfone groups is 1. The van der Waals surface area contributed by atoms with Gasteiger partial charge in [0.2, 0.25) is 0 Å². The smallest absolute Gasteiger partial charge is 0.501 e. The molecule has 0 aliphatic rings. The number of nitrogens with one attached hydrogen (secondary N) is 1. The molecule has 0 atom stereocenters. The number of phenolic OH excluding ortho intramolecular Hbond substituents is 1. The Bertz CT molecular complexity index is 865. The van der Waals surface area contributed by atoms with Gasteiger partial charge in [-0.3, -0.25) is 0 Å². The van der Waals surface area contributed by atoms with E-state index in [1.807, 2.05) is 0 Å². The molecule has 2 aromatic carbocycles. The molecule has 0 fully saturated rings. The molecule has 130 valence electrons. The van der Waals surface area contributed by atoms with Gasteiger partial charge in [-0.15, -0.1) is 0 Å². The predicted molar refractivity (Wildman–Crippen MR) is 75.0 cm³/mol. The van der Waals surface area contributed by atoms with Crippen molar-refractivity contribution >= 4 is 15.5 Å². The van der Waals surface area contributed by atoms with Gasteiger partial charge in [0.15, 0.2) is 11.6 Å². The van der Waals surface area contributed by atoms with Crippen LogP contribution < -0.4 is 5.32 Å². The molecular formula is C14H10F5NO3S. The largest absolute Gasteiger partial charge is 0.505 e. The highest BCUT2D eigenvalue weighted by atomic mass is 32.2. The Balaban J connectivity index is 2.36. The molecule has 24 heavy (non-hydrogen) atoms. The van der Waals surface area contributed by atoms with Crippen LogP contribution in [0.2, 0.25) is 0 Å². The lowest BCUT2D eigenvalue weighted by Crippen LogP contribution is -2.24. The summed E-state index contributed by atoms with van der Waals surface area (Å²) in [6, 6.07) is 5.11. The van der Waals surface area contributed by atoms with Crippen LogP contribution in [0.25, 0.3) is 0 Å². The number of aromatic hydroxyl groups is 1. The van der Waals surface area contributed by atoms with E-state index in [0.29, 0.717) is 0 Å². The maximum atomic E-state index is 13.2. The van der Waals surface area contributed by atoms with Gasteiger partial charge >= 0.3 is 5.51 Å². The van der Waals surface area contributed by atoms with E-state index in [-0.39, 0.29) is 18.2 Å². The number of hydrogen-bond acceptors (Lipinski definition) is 4. The van der Waals surface area contributed by atoms with Crippen molar-refractivity contribution in [1.29, 1.82) is 0 Å². The Morgan fingerprint density at radius 2 is 1.71 bits per heavy atom. The molecule has 10 heteroatoms. The molecule has 0 aromatic heterocycles. The first-order valence-electron chi connectivity index (χ1n) is 6.34.